The monoisotopic (exact) mass is 195 g/mol. The minimum Gasteiger partial charge on any atom is -0.480 e. The number of aromatic nitrogens is 2. The van der Waals surface area contributed by atoms with Gasteiger partial charge in [-0.2, -0.15) is 0 Å². The van der Waals surface area contributed by atoms with Crippen molar-refractivity contribution < 1.29 is 9.90 Å². The molecule has 2 rings (SSSR count). The SMILES string of the molecule is Cn1cncc1C1(C(N)C(=O)O)CC1. The average Bonchev–Trinajstić information content (AvgIpc) is 2.83. The summed E-state index contributed by atoms with van der Waals surface area (Å²) in [5.74, 6) is -0.941. The Labute approximate surface area is 81.5 Å². The first-order valence-electron chi connectivity index (χ1n) is 4.53. The summed E-state index contributed by atoms with van der Waals surface area (Å²) in [5, 5.41) is 8.89. The molecule has 1 saturated carbocycles. The van der Waals surface area contributed by atoms with E-state index in [0.717, 1.165) is 18.5 Å². The summed E-state index contributed by atoms with van der Waals surface area (Å²) >= 11 is 0. The quantitative estimate of drug-likeness (QED) is 0.703. The number of hydrogen-bond donors (Lipinski definition) is 2. The van der Waals surface area contributed by atoms with Crippen LogP contribution in [0, 0.1) is 0 Å². The maximum Gasteiger partial charge on any atom is 0.321 e. The number of hydrogen-bond acceptors (Lipinski definition) is 3. The summed E-state index contributed by atoms with van der Waals surface area (Å²) < 4.78 is 1.84. The van der Waals surface area contributed by atoms with Crippen molar-refractivity contribution in [1.29, 1.82) is 0 Å². The molecule has 1 aromatic heterocycles. The van der Waals surface area contributed by atoms with Crippen LogP contribution in [0.5, 0.6) is 0 Å². The van der Waals surface area contributed by atoms with Crippen LogP contribution >= 0.6 is 0 Å². The van der Waals surface area contributed by atoms with E-state index in [2.05, 4.69) is 4.98 Å². The number of carbonyl (C=O) groups is 1. The van der Waals surface area contributed by atoms with Gasteiger partial charge in [0.15, 0.2) is 0 Å². The minimum atomic E-state index is -0.941. The maximum absolute atomic E-state index is 10.8. The molecule has 0 aliphatic heterocycles. The number of carboxylic acid groups (broad SMARTS) is 1. The van der Waals surface area contributed by atoms with Crippen molar-refractivity contribution in [2.45, 2.75) is 24.3 Å². The summed E-state index contributed by atoms with van der Waals surface area (Å²) in [6.45, 7) is 0. The molecule has 1 unspecified atom stereocenters. The van der Waals surface area contributed by atoms with Crippen LogP contribution in [0.2, 0.25) is 0 Å². The van der Waals surface area contributed by atoms with Crippen LogP contribution in [0.3, 0.4) is 0 Å². The van der Waals surface area contributed by atoms with Gasteiger partial charge >= 0.3 is 5.97 Å². The predicted octanol–water partition coefficient (Wildman–Crippen LogP) is -0.136. The van der Waals surface area contributed by atoms with Crippen LogP contribution < -0.4 is 5.73 Å². The number of carboxylic acids is 1. The third-order valence-corrected chi connectivity index (χ3v) is 2.98. The third kappa shape index (κ3) is 1.13. The maximum atomic E-state index is 10.8. The molecule has 76 valence electrons. The highest BCUT2D eigenvalue weighted by molar-refractivity contribution is 5.76. The van der Waals surface area contributed by atoms with Crippen molar-refractivity contribution in [3.8, 4) is 0 Å². The van der Waals surface area contributed by atoms with E-state index in [1.165, 1.54) is 0 Å². The Morgan fingerprint density at radius 3 is 2.79 bits per heavy atom. The number of aliphatic carboxylic acids is 1. The lowest BCUT2D eigenvalue weighted by Crippen LogP contribution is -2.42. The second-order valence-corrected chi connectivity index (χ2v) is 3.86. The summed E-state index contributed by atoms with van der Waals surface area (Å²) in [5.41, 5.74) is 6.22. The van der Waals surface area contributed by atoms with Gasteiger partial charge in [0.1, 0.15) is 6.04 Å². The van der Waals surface area contributed by atoms with Crippen molar-refractivity contribution in [2.24, 2.45) is 12.8 Å². The standard InChI is InChI=1S/C9H13N3O2/c1-12-5-11-4-6(12)9(2-3-9)7(10)8(13)14/h4-5,7H,2-3,10H2,1H3,(H,13,14). The highest BCUT2D eigenvalue weighted by Crippen LogP contribution is 2.50. The van der Waals surface area contributed by atoms with E-state index < -0.39 is 12.0 Å². The first kappa shape index (κ1) is 9.21. The Kier molecular flexibility index (Phi) is 1.85. The molecule has 5 heteroatoms. The van der Waals surface area contributed by atoms with Crippen molar-refractivity contribution in [2.75, 3.05) is 0 Å². The Morgan fingerprint density at radius 2 is 2.43 bits per heavy atom. The molecule has 1 aliphatic carbocycles. The summed E-state index contributed by atoms with van der Waals surface area (Å²) in [6, 6.07) is -0.821. The van der Waals surface area contributed by atoms with E-state index in [0.29, 0.717) is 0 Å². The van der Waals surface area contributed by atoms with Crippen LogP contribution in [0.25, 0.3) is 0 Å². The molecule has 5 nitrogen and oxygen atoms in total. The van der Waals surface area contributed by atoms with Gasteiger partial charge in [0.05, 0.1) is 6.33 Å². The molecule has 3 N–H and O–H groups in total. The number of aryl methyl sites for hydroxylation is 1. The smallest absolute Gasteiger partial charge is 0.321 e. The molecule has 1 fully saturated rings. The fourth-order valence-electron chi connectivity index (χ4n) is 1.93. The zero-order chi connectivity index (χ0) is 10.3. The molecule has 0 amide bonds. The summed E-state index contributed by atoms with van der Waals surface area (Å²) in [6.07, 6.45) is 5.04. The molecule has 1 aliphatic rings. The molecule has 1 aromatic rings. The van der Waals surface area contributed by atoms with Gasteiger partial charge in [-0.1, -0.05) is 0 Å². The molecule has 14 heavy (non-hydrogen) atoms. The van der Waals surface area contributed by atoms with Gasteiger partial charge in [0.2, 0.25) is 0 Å². The number of nitrogens with two attached hydrogens (primary N) is 1. The molecule has 1 atom stereocenters. The first-order valence-corrected chi connectivity index (χ1v) is 4.53. The van der Waals surface area contributed by atoms with Gasteiger partial charge in [-0.3, -0.25) is 4.79 Å². The summed E-state index contributed by atoms with van der Waals surface area (Å²) in [7, 11) is 1.86. The van der Waals surface area contributed by atoms with Crippen LogP contribution in [0.1, 0.15) is 18.5 Å². The molecule has 0 radical (unpaired) electrons. The van der Waals surface area contributed by atoms with E-state index in [9.17, 15) is 4.79 Å². The highest BCUT2D eigenvalue weighted by atomic mass is 16.4. The summed E-state index contributed by atoms with van der Waals surface area (Å²) in [4.78, 5) is 14.8. The van der Waals surface area contributed by atoms with Gasteiger partial charge in [-0.15, -0.1) is 0 Å². The Hall–Kier alpha value is -1.36. The second kappa shape index (κ2) is 2.81. The Balaban J connectivity index is 2.34. The van der Waals surface area contributed by atoms with Crippen LogP contribution in [-0.4, -0.2) is 26.7 Å². The van der Waals surface area contributed by atoms with Crippen LogP contribution in [0.4, 0.5) is 0 Å². The van der Waals surface area contributed by atoms with E-state index >= 15 is 0 Å². The van der Waals surface area contributed by atoms with E-state index in [-0.39, 0.29) is 5.41 Å². The van der Waals surface area contributed by atoms with Crippen LogP contribution in [-0.2, 0) is 17.3 Å². The van der Waals surface area contributed by atoms with E-state index in [1.54, 1.807) is 12.5 Å². The van der Waals surface area contributed by atoms with Gasteiger partial charge in [0.25, 0.3) is 0 Å². The average molecular weight is 195 g/mol. The molecule has 0 saturated heterocycles. The number of imidazole rings is 1. The first-order chi connectivity index (χ1) is 6.58. The van der Waals surface area contributed by atoms with Crippen molar-refractivity contribution in [1.82, 2.24) is 9.55 Å². The van der Waals surface area contributed by atoms with E-state index in [4.69, 9.17) is 10.8 Å². The molecule has 0 aromatic carbocycles. The van der Waals surface area contributed by atoms with Crippen molar-refractivity contribution >= 4 is 5.97 Å². The van der Waals surface area contributed by atoms with Crippen molar-refractivity contribution in [3.05, 3.63) is 18.2 Å². The zero-order valence-electron chi connectivity index (χ0n) is 7.97. The minimum absolute atomic E-state index is 0.378. The number of rotatable bonds is 3. The van der Waals surface area contributed by atoms with Gasteiger partial charge in [-0.25, -0.2) is 4.98 Å². The normalized spacial score (nSPS) is 20.4. The second-order valence-electron chi connectivity index (χ2n) is 3.86. The molecular weight excluding hydrogens is 182 g/mol. The lowest BCUT2D eigenvalue weighted by Gasteiger charge is -2.19. The zero-order valence-corrected chi connectivity index (χ0v) is 7.97. The molecular formula is C9H13N3O2. The lowest BCUT2D eigenvalue weighted by molar-refractivity contribution is -0.139. The Morgan fingerprint density at radius 1 is 1.79 bits per heavy atom. The van der Waals surface area contributed by atoms with Gasteiger partial charge < -0.3 is 15.4 Å². The topological polar surface area (TPSA) is 81.1 Å². The molecule has 0 bridgehead atoms. The van der Waals surface area contributed by atoms with E-state index in [1.807, 2.05) is 11.6 Å². The lowest BCUT2D eigenvalue weighted by atomic mass is 9.93. The predicted molar refractivity (Wildman–Crippen MR) is 49.7 cm³/mol. The largest absolute Gasteiger partial charge is 0.480 e. The Bertz CT molecular complexity index is 368. The molecule has 1 heterocycles. The number of nitrogens with zero attached hydrogens (tertiary/aromatic N) is 2. The van der Waals surface area contributed by atoms with Crippen LogP contribution in [0.15, 0.2) is 12.5 Å². The third-order valence-electron chi connectivity index (χ3n) is 2.98. The van der Waals surface area contributed by atoms with Gasteiger partial charge in [-0.05, 0) is 12.8 Å². The highest BCUT2D eigenvalue weighted by Gasteiger charge is 2.54. The van der Waals surface area contributed by atoms with Crippen molar-refractivity contribution in [3.63, 3.8) is 0 Å². The van der Waals surface area contributed by atoms with Gasteiger partial charge in [0, 0.05) is 24.4 Å². The fraction of sp³-hybridized carbons (Fsp3) is 0.556. The fourth-order valence-corrected chi connectivity index (χ4v) is 1.93. The molecule has 0 spiro atoms.